The lowest BCUT2D eigenvalue weighted by molar-refractivity contribution is -0.141. The molecule has 196 valence electrons. The van der Waals surface area contributed by atoms with Crippen molar-refractivity contribution in [2.75, 3.05) is 18.5 Å². The summed E-state index contributed by atoms with van der Waals surface area (Å²) in [4.78, 5) is 17.6. The van der Waals surface area contributed by atoms with E-state index in [0.29, 0.717) is 46.7 Å². The first-order valence-corrected chi connectivity index (χ1v) is 12.0. The van der Waals surface area contributed by atoms with Crippen LogP contribution >= 0.6 is 0 Å². The third-order valence-electron chi connectivity index (χ3n) is 6.05. The van der Waals surface area contributed by atoms with E-state index in [1.165, 1.54) is 6.07 Å². The zero-order valence-electron chi connectivity index (χ0n) is 20.7. The number of halogens is 3. The van der Waals surface area contributed by atoms with Crippen LogP contribution in [0.25, 0.3) is 22.0 Å². The van der Waals surface area contributed by atoms with Crippen molar-refractivity contribution in [1.29, 1.82) is 0 Å². The summed E-state index contributed by atoms with van der Waals surface area (Å²) in [7, 11) is 0. The van der Waals surface area contributed by atoms with Crippen molar-refractivity contribution in [1.82, 2.24) is 4.98 Å². The molecule has 1 amide bonds. The summed E-state index contributed by atoms with van der Waals surface area (Å²) in [6.45, 7) is 4.41. The number of pyridine rings is 1. The van der Waals surface area contributed by atoms with Crippen LogP contribution in [0.5, 0.6) is 5.75 Å². The number of carbonyl (C=O) groups is 1. The molecule has 1 atom stereocenters. The van der Waals surface area contributed by atoms with Gasteiger partial charge in [-0.15, -0.1) is 0 Å². The van der Waals surface area contributed by atoms with Crippen molar-refractivity contribution in [3.63, 3.8) is 0 Å². The number of para-hydroxylation sites is 1. The van der Waals surface area contributed by atoms with Gasteiger partial charge in [0.2, 0.25) is 0 Å². The van der Waals surface area contributed by atoms with Gasteiger partial charge in [-0.25, -0.2) is 4.98 Å². The summed E-state index contributed by atoms with van der Waals surface area (Å²) in [5.74, 6) is -0.552. The summed E-state index contributed by atoms with van der Waals surface area (Å²) in [5, 5.41) is 3.51. The Hall–Kier alpha value is -3.95. The number of nitrogens with one attached hydrogen (secondary N) is 1. The molecule has 9 heteroatoms. The molecule has 4 aromatic rings. The second-order valence-corrected chi connectivity index (χ2v) is 9.40. The first-order chi connectivity index (χ1) is 18.1. The van der Waals surface area contributed by atoms with Crippen molar-refractivity contribution in [2.45, 2.75) is 31.9 Å². The molecular formula is C29H25F3N2O4. The monoisotopic (exact) mass is 522 g/mol. The van der Waals surface area contributed by atoms with Gasteiger partial charge < -0.3 is 19.5 Å². The molecule has 0 aliphatic carbocycles. The average Bonchev–Trinajstić information content (AvgIpc) is 3.25. The van der Waals surface area contributed by atoms with E-state index in [4.69, 9.17) is 14.2 Å². The molecule has 1 aliphatic heterocycles. The molecule has 2 heterocycles. The summed E-state index contributed by atoms with van der Waals surface area (Å²) in [5.41, 5.74) is 1.17. The van der Waals surface area contributed by atoms with Crippen LogP contribution in [-0.2, 0) is 15.7 Å². The van der Waals surface area contributed by atoms with Gasteiger partial charge in [0.1, 0.15) is 24.2 Å². The highest BCUT2D eigenvalue weighted by molar-refractivity contribution is 6.05. The third kappa shape index (κ3) is 5.79. The number of ether oxygens (including phenoxy) is 3. The second kappa shape index (κ2) is 10.1. The Bertz CT molecular complexity index is 1490. The Balaban J connectivity index is 1.35. The van der Waals surface area contributed by atoms with E-state index in [1.54, 1.807) is 60.7 Å². The molecule has 3 aromatic carbocycles. The van der Waals surface area contributed by atoms with E-state index >= 15 is 0 Å². The van der Waals surface area contributed by atoms with Crippen molar-refractivity contribution >= 4 is 22.5 Å². The minimum atomic E-state index is -4.47. The van der Waals surface area contributed by atoms with Gasteiger partial charge in [-0.2, -0.15) is 13.2 Å². The molecule has 0 saturated carbocycles. The van der Waals surface area contributed by atoms with Crippen molar-refractivity contribution in [2.24, 2.45) is 0 Å². The van der Waals surface area contributed by atoms with E-state index in [1.807, 2.05) is 13.8 Å². The van der Waals surface area contributed by atoms with Crippen LogP contribution < -0.4 is 10.1 Å². The van der Waals surface area contributed by atoms with E-state index < -0.39 is 23.4 Å². The van der Waals surface area contributed by atoms with Crippen LogP contribution in [0.3, 0.4) is 0 Å². The maximum atomic E-state index is 13.3. The fourth-order valence-corrected chi connectivity index (χ4v) is 4.26. The van der Waals surface area contributed by atoms with Gasteiger partial charge in [0.05, 0.1) is 17.7 Å². The van der Waals surface area contributed by atoms with Crippen LogP contribution in [0, 0.1) is 0 Å². The molecule has 1 saturated heterocycles. The maximum Gasteiger partial charge on any atom is 0.416 e. The first kappa shape index (κ1) is 25.7. The number of anilines is 1. The zero-order valence-corrected chi connectivity index (χ0v) is 20.7. The van der Waals surface area contributed by atoms with Crippen LogP contribution in [0.1, 0.15) is 29.9 Å². The molecule has 6 nitrogen and oxygen atoms in total. The lowest BCUT2D eigenvalue weighted by Crippen LogP contribution is -2.25. The summed E-state index contributed by atoms with van der Waals surface area (Å²) < 4.78 is 56.9. The molecule has 1 aromatic heterocycles. The Morgan fingerprint density at radius 1 is 1.05 bits per heavy atom. The normalized spacial score (nSPS) is 16.9. The van der Waals surface area contributed by atoms with E-state index in [9.17, 15) is 18.0 Å². The number of aromatic nitrogens is 1. The molecule has 0 bridgehead atoms. The first-order valence-electron chi connectivity index (χ1n) is 12.0. The molecule has 1 fully saturated rings. The van der Waals surface area contributed by atoms with E-state index in [0.717, 1.165) is 12.1 Å². The van der Waals surface area contributed by atoms with Gasteiger partial charge in [-0.1, -0.05) is 42.5 Å². The number of hydrogen-bond acceptors (Lipinski definition) is 5. The minimum absolute atomic E-state index is 0.127. The Kier molecular flexibility index (Phi) is 6.81. The molecule has 1 aliphatic rings. The summed E-state index contributed by atoms with van der Waals surface area (Å²) in [6.07, 6.45) is -4.66. The van der Waals surface area contributed by atoms with Crippen molar-refractivity contribution in [3.8, 4) is 16.9 Å². The van der Waals surface area contributed by atoms with Crippen LogP contribution in [0.4, 0.5) is 18.9 Å². The number of amides is 1. The number of benzene rings is 3. The highest BCUT2D eigenvalue weighted by atomic mass is 19.4. The molecular weight excluding hydrogens is 497 g/mol. The van der Waals surface area contributed by atoms with Crippen LogP contribution in [0.15, 0.2) is 78.9 Å². The zero-order chi connectivity index (χ0) is 26.9. The quantitative estimate of drug-likeness (QED) is 0.305. The summed E-state index contributed by atoms with van der Waals surface area (Å²) >= 11 is 0. The van der Waals surface area contributed by atoms with Gasteiger partial charge in [-0.3, -0.25) is 4.79 Å². The number of rotatable bonds is 6. The van der Waals surface area contributed by atoms with Gasteiger partial charge in [0.25, 0.3) is 5.91 Å². The number of hydrogen-bond donors (Lipinski definition) is 1. The van der Waals surface area contributed by atoms with Gasteiger partial charge in [0.15, 0.2) is 5.79 Å². The smallest absolute Gasteiger partial charge is 0.416 e. The standard InChI is InChI=1S/C29H25F3N2O4/c1-28(2)37-17-23(38-28)16-36-22-10-5-9-21(15-22)33-27(35)25-13-12-18-6-4-11-24(26(18)34-25)19-7-3-8-20(14-19)29(30,31)32/h3-15,23H,16-17H2,1-2H3,(H,33,35). The molecule has 1 N–H and O–H groups in total. The lowest BCUT2D eigenvalue weighted by atomic mass is 9.99. The van der Waals surface area contributed by atoms with Crippen molar-refractivity contribution < 1.29 is 32.2 Å². The number of carbonyl (C=O) groups excluding carboxylic acids is 1. The third-order valence-corrected chi connectivity index (χ3v) is 6.05. The largest absolute Gasteiger partial charge is 0.491 e. The van der Waals surface area contributed by atoms with E-state index in [-0.39, 0.29) is 11.8 Å². The number of nitrogens with zero attached hydrogens (tertiary/aromatic N) is 1. The Morgan fingerprint density at radius 3 is 2.61 bits per heavy atom. The number of fused-ring (bicyclic) bond motifs is 1. The van der Waals surface area contributed by atoms with Gasteiger partial charge in [-0.05, 0) is 49.7 Å². The van der Waals surface area contributed by atoms with E-state index in [2.05, 4.69) is 10.3 Å². The van der Waals surface area contributed by atoms with Crippen molar-refractivity contribution in [3.05, 3.63) is 90.1 Å². The summed E-state index contributed by atoms with van der Waals surface area (Å²) in [6, 6.07) is 20.5. The Labute approximate surface area is 217 Å². The predicted octanol–water partition coefficient (Wildman–Crippen LogP) is 6.70. The van der Waals surface area contributed by atoms with Crippen LogP contribution in [-0.4, -0.2) is 36.0 Å². The van der Waals surface area contributed by atoms with Gasteiger partial charge >= 0.3 is 6.18 Å². The number of alkyl halides is 3. The topological polar surface area (TPSA) is 69.7 Å². The average molecular weight is 523 g/mol. The SMILES string of the molecule is CC1(C)OCC(COc2cccc(NC(=O)c3ccc4cccc(-c5cccc(C(F)(F)F)c5)c4n3)c2)O1. The molecule has 0 spiro atoms. The Morgan fingerprint density at radius 2 is 1.84 bits per heavy atom. The maximum absolute atomic E-state index is 13.3. The lowest BCUT2D eigenvalue weighted by Gasteiger charge is -2.17. The molecule has 0 radical (unpaired) electrons. The van der Waals surface area contributed by atoms with Gasteiger partial charge in [0, 0.05) is 22.7 Å². The highest BCUT2D eigenvalue weighted by Gasteiger charge is 2.33. The minimum Gasteiger partial charge on any atom is -0.491 e. The fraction of sp³-hybridized carbons (Fsp3) is 0.241. The fourth-order valence-electron chi connectivity index (χ4n) is 4.26. The predicted molar refractivity (Wildman–Crippen MR) is 137 cm³/mol. The van der Waals surface area contributed by atoms with Crippen LogP contribution in [0.2, 0.25) is 0 Å². The second-order valence-electron chi connectivity index (χ2n) is 9.40. The molecule has 38 heavy (non-hydrogen) atoms. The molecule has 1 unspecified atom stereocenters. The highest BCUT2D eigenvalue weighted by Crippen LogP contribution is 2.34. The molecule has 5 rings (SSSR count).